The maximum Gasteiger partial charge on any atom is 0.338 e. The van der Waals surface area contributed by atoms with E-state index in [1.54, 1.807) is 23.1 Å². The quantitative estimate of drug-likeness (QED) is 0.730. The Balaban J connectivity index is 1.13. The normalized spacial score (nSPS) is 31.8. The lowest BCUT2D eigenvalue weighted by Crippen LogP contribution is -2.51. The molecule has 0 atom stereocenters. The molecule has 5 fully saturated rings. The van der Waals surface area contributed by atoms with E-state index in [-0.39, 0.29) is 23.8 Å². The Kier molecular flexibility index (Phi) is 5.03. The Bertz CT molecular complexity index is 829. The molecule has 1 N–H and O–H groups in total. The number of carbonyl (C=O) groups excluding carboxylic acids is 3. The van der Waals surface area contributed by atoms with Gasteiger partial charge in [-0.3, -0.25) is 9.59 Å². The summed E-state index contributed by atoms with van der Waals surface area (Å²) < 4.78 is 5.25. The lowest BCUT2D eigenvalue weighted by Gasteiger charge is -2.56. The highest BCUT2D eigenvalue weighted by Gasteiger charge is 2.50. The average Bonchev–Trinajstić information content (AvgIpc) is 3.15. The lowest BCUT2D eigenvalue weighted by atomic mass is 9.49. The number of ether oxygens (including phenoxy) is 1. The minimum absolute atomic E-state index is 0.0737. The molecule has 6 rings (SSSR count). The van der Waals surface area contributed by atoms with Crippen LogP contribution in [0, 0.1) is 23.2 Å². The Morgan fingerprint density at radius 2 is 1.80 bits per heavy atom. The third kappa shape index (κ3) is 3.84. The number of hydrogen-bond acceptors (Lipinski definition) is 4. The largest absolute Gasteiger partial charge is 0.452 e. The zero-order valence-electron chi connectivity index (χ0n) is 17.4. The number of amides is 2. The van der Waals surface area contributed by atoms with E-state index in [2.05, 4.69) is 5.32 Å². The summed E-state index contributed by atoms with van der Waals surface area (Å²) in [5, 5.41) is 3.04. The molecule has 160 valence electrons. The molecule has 1 aliphatic heterocycles. The van der Waals surface area contributed by atoms with Gasteiger partial charge in [-0.1, -0.05) is 6.07 Å². The fraction of sp³-hybridized carbons (Fsp3) is 0.625. The predicted octanol–water partition coefficient (Wildman–Crippen LogP) is 3.30. The molecule has 0 radical (unpaired) electrons. The third-order valence-corrected chi connectivity index (χ3v) is 7.63. The molecule has 0 spiro atoms. The van der Waals surface area contributed by atoms with E-state index < -0.39 is 5.97 Å². The summed E-state index contributed by atoms with van der Waals surface area (Å²) in [4.78, 5) is 38.4. The van der Waals surface area contributed by atoms with Gasteiger partial charge in [-0.25, -0.2) is 4.79 Å². The lowest BCUT2D eigenvalue weighted by molar-refractivity contribution is -0.126. The number of nitrogens with one attached hydrogen (secondary N) is 1. The molecule has 4 aliphatic carbocycles. The molecule has 6 nitrogen and oxygen atoms in total. The number of carbonyl (C=O) groups is 3. The van der Waals surface area contributed by atoms with Crippen molar-refractivity contribution in [3.05, 3.63) is 29.8 Å². The van der Waals surface area contributed by atoms with Crippen LogP contribution in [0.4, 0.5) is 5.69 Å². The van der Waals surface area contributed by atoms with E-state index in [4.69, 9.17) is 4.74 Å². The second kappa shape index (κ2) is 7.71. The van der Waals surface area contributed by atoms with Gasteiger partial charge in [0.05, 0.1) is 5.56 Å². The standard InChI is InChI=1S/C24H30N2O4/c27-21(25-15-24-11-16-7-17(12-24)9-18(8-16)13-24)14-30-23(29)19-3-1-4-20(10-19)26-6-2-5-22(26)28/h1,3-4,10,16-18H,2,5-9,11-15H2,(H,25,27). The maximum absolute atomic E-state index is 12.4. The van der Waals surface area contributed by atoms with E-state index >= 15 is 0 Å². The summed E-state index contributed by atoms with van der Waals surface area (Å²) in [5.41, 5.74) is 1.34. The Morgan fingerprint density at radius 3 is 2.43 bits per heavy atom. The zero-order valence-corrected chi connectivity index (χ0v) is 17.4. The van der Waals surface area contributed by atoms with Gasteiger partial charge in [0.2, 0.25) is 5.91 Å². The summed E-state index contributed by atoms with van der Waals surface area (Å²) >= 11 is 0. The van der Waals surface area contributed by atoms with Gasteiger partial charge in [0, 0.05) is 25.2 Å². The number of hydrogen-bond donors (Lipinski definition) is 1. The summed E-state index contributed by atoms with van der Waals surface area (Å²) in [6.45, 7) is 1.11. The molecule has 6 heteroatoms. The SMILES string of the molecule is O=C(COC(=O)c1cccc(N2CCCC2=O)c1)NCC12CC3CC(CC(C3)C1)C2. The van der Waals surface area contributed by atoms with Gasteiger partial charge in [0.1, 0.15) is 0 Å². The van der Waals surface area contributed by atoms with Crippen molar-refractivity contribution in [2.24, 2.45) is 23.2 Å². The smallest absolute Gasteiger partial charge is 0.338 e. The Morgan fingerprint density at radius 1 is 1.10 bits per heavy atom. The third-order valence-electron chi connectivity index (χ3n) is 7.63. The van der Waals surface area contributed by atoms with E-state index in [1.165, 1.54) is 38.5 Å². The van der Waals surface area contributed by atoms with Crippen molar-refractivity contribution in [2.75, 3.05) is 24.6 Å². The Hall–Kier alpha value is -2.37. The molecule has 0 unspecified atom stereocenters. The second-order valence-electron chi connectivity index (χ2n) is 9.97. The van der Waals surface area contributed by atoms with Gasteiger partial charge in [-0.05, 0) is 86.3 Å². The first kappa shape index (κ1) is 19.6. The van der Waals surface area contributed by atoms with Crippen LogP contribution < -0.4 is 10.2 Å². The van der Waals surface area contributed by atoms with Crippen LogP contribution in [-0.4, -0.2) is 37.5 Å². The minimum Gasteiger partial charge on any atom is -0.452 e. The van der Waals surface area contributed by atoms with Gasteiger partial charge in [0.15, 0.2) is 6.61 Å². The molecule has 0 aromatic heterocycles. The number of nitrogens with zero attached hydrogens (tertiary/aromatic N) is 1. The topological polar surface area (TPSA) is 75.7 Å². The molecular weight excluding hydrogens is 380 g/mol. The molecule has 5 aliphatic rings. The van der Waals surface area contributed by atoms with Gasteiger partial charge < -0.3 is 15.0 Å². The highest BCUT2D eigenvalue weighted by molar-refractivity contribution is 5.97. The van der Waals surface area contributed by atoms with Crippen molar-refractivity contribution in [3.8, 4) is 0 Å². The van der Waals surface area contributed by atoms with Crippen LogP contribution in [0.1, 0.15) is 61.7 Å². The number of rotatable bonds is 6. The van der Waals surface area contributed by atoms with E-state index in [0.29, 0.717) is 30.8 Å². The maximum atomic E-state index is 12.4. The van der Waals surface area contributed by atoms with Gasteiger partial charge >= 0.3 is 5.97 Å². The van der Waals surface area contributed by atoms with Crippen LogP contribution in [-0.2, 0) is 14.3 Å². The zero-order chi connectivity index (χ0) is 20.7. The Labute approximate surface area is 177 Å². The number of benzene rings is 1. The van der Waals surface area contributed by atoms with Crippen molar-refractivity contribution in [1.29, 1.82) is 0 Å². The van der Waals surface area contributed by atoms with E-state index in [0.717, 1.165) is 24.2 Å². The monoisotopic (exact) mass is 410 g/mol. The minimum atomic E-state index is -0.534. The van der Waals surface area contributed by atoms with Crippen molar-refractivity contribution in [2.45, 2.75) is 51.4 Å². The molecule has 1 heterocycles. The second-order valence-corrected chi connectivity index (χ2v) is 9.97. The first-order valence-corrected chi connectivity index (χ1v) is 11.3. The van der Waals surface area contributed by atoms with Crippen molar-refractivity contribution >= 4 is 23.5 Å². The summed E-state index contributed by atoms with van der Waals surface area (Å²) in [5.74, 6) is 1.85. The van der Waals surface area contributed by atoms with Gasteiger partial charge in [-0.2, -0.15) is 0 Å². The number of anilines is 1. The highest BCUT2D eigenvalue weighted by Crippen LogP contribution is 2.59. The van der Waals surface area contributed by atoms with Crippen molar-refractivity contribution in [1.82, 2.24) is 5.32 Å². The van der Waals surface area contributed by atoms with Gasteiger partial charge in [0.25, 0.3) is 5.91 Å². The predicted molar refractivity (Wildman–Crippen MR) is 112 cm³/mol. The molecule has 2 amide bonds. The molecule has 4 bridgehead atoms. The molecular formula is C24H30N2O4. The van der Waals surface area contributed by atoms with Crippen LogP contribution in [0.3, 0.4) is 0 Å². The first-order chi connectivity index (χ1) is 14.5. The van der Waals surface area contributed by atoms with Crippen LogP contribution in [0.5, 0.6) is 0 Å². The summed E-state index contributed by atoms with van der Waals surface area (Å²) in [7, 11) is 0. The fourth-order valence-electron chi connectivity index (χ4n) is 6.78. The van der Waals surface area contributed by atoms with Crippen molar-refractivity contribution < 1.29 is 19.1 Å². The summed E-state index contributed by atoms with van der Waals surface area (Å²) in [6, 6.07) is 6.88. The van der Waals surface area contributed by atoms with Crippen LogP contribution in [0.25, 0.3) is 0 Å². The highest BCUT2D eigenvalue weighted by atomic mass is 16.5. The van der Waals surface area contributed by atoms with Crippen molar-refractivity contribution in [3.63, 3.8) is 0 Å². The van der Waals surface area contributed by atoms with Gasteiger partial charge in [-0.15, -0.1) is 0 Å². The molecule has 4 saturated carbocycles. The summed E-state index contributed by atoms with van der Waals surface area (Å²) in [6.07, 6.45) is 9.23. The number of esters is 1. The van der Waals surface area contributed by atoms with Crippen LogP contribution in [0.15, 0.2) is 24.3 Å². The molecule has 1 aromatic rings. The molecule has 1 saturated heterocycles. The van der Waals surface area contributed by atoms with Crippen LogP contribution >= 0.6 is 0 Å². The van der Waals surface area contributed by atoms with Crippen LogP contribution in [0.2, 0.25) is 0 Å². The molecule has 1 aromatic carbocycles. The average molecular weight is 411 g/mol. The first-order valence-electron chi connectivity index (χ1n) is 11.3. The van der Waals surface area contributed by atoms with E-state index in [9.17, 15) is 14.4 Å². The fourth-order valence-corrected chi connectivity index (χ4v) is 6.78. The molecule has 30 heavy (non-hydrogen) atoms. The van der Waals surface area contributed by atoms with E-state index in [1.807, 2.05) is 6.07 Å².